The number of aromatic amines is 1. The molecule has 0 bridgehead atoms. The number of hydrogen-bond acceptors (Lipinski definition) is 5. The molecule has 0 aliphatic rings. The third-order valence-corrected chi connectivity index (χ3v) is 1.78. The number of carbonyl (C=O) groups is 1. The molecular formula is C7H13N5O2. The molecule has 0 aliphatic carbocycles. The molecule has 14 heavy (non-hydrogen) atoms. The van der Waals surface area contributed by atoms with Crippen molar-refractivity contribution in [3.63, 3.8) is 0 Å². The van der Waals surface area contributed by atoms with Gasteiger partial charge in [0, 0.05) is 13.7 Å². The predicted molar refractivity (Wildman–Crippen MR) is 47.6 cm³/mol. The first-order chi connectivity index (χ1) is 6.55. The van der Waals surface area contributed by atoms with Crippen LogP contribution in [0.3, 0.4) is 0 Å². The standard InChI is InChI=1S/C7H13N5O2/c1-7(2,14-3)4-8-6(13)5-9-11-12-10-5/h4H2,1-3H3,(H,8,13)(H,9,10,11,12). The van der Waals surface area contributed by atoms with E-state index in [9.17, 15) is 4.79 Å². The summed E-state index contributed by atoms with van der Waals surface area (Å²) in [5, 5.41) is 15.2. The van der Waals surface area contributed by atoms with Crippen molar-refractivity contribution < 1.29 is 9.53 Å². The Hall–Kier alpha value is -1.50. The average molecular weight is 199 g/mol. The summed E-state index contributed by atoms with van der Waals surface area (Å²) in [6.45, 7) is 4.11. The van der Waals surface area contributed by atoms with Gasteiger partial charge in [-0.2, -0.15) is 5.21 Å². The minimum atomic E-state index is -0.403. The van der Waals surface area contributed by atoms with Gasteiger partial charge in [0.2, 0.25) is 0 Å². The molecule has 0 atom stereocenters. The summed E-state index contributed by atoms with van der Waals surface area (Å²) >= 11 is 0. The topological polar surface area (TPSA) is 92.8 Å². The van der Waals surface area contributed by atoms with Crippen LogP contribution in [0.5, 0.6) is 0 Å². The quantitative estimate of drug-likeness (QED) is 0.672. The Balaban J connectivity index is 2.43. The highest BCUT2D eigenvalue weighted by Gasteiger charge is 2.19. The lowest BCUT2D eigenvalue weighted by Gasteiger charge is -2.22. The maximum atomic E-state index is 11.3. The van der Waals surface area contributed by atoms with Crippen molar-refractivity contribution in [3.8, 4) is 0 Å². The minimum absolute atomic E-state index is 0.0249. The fraction of sp³-hybridized carbons (Fsp3) is 0.714. The Morgan fingerprint density at radius 3 is 2.86 bits per heavy atom. The van der Waals surface area contributed by atoms with Gasteiger partial charge >= 0.3 is 0 Å². The van der Waals surface area contributed by atoms with Gasteiger partial charge in [0.15, 0.2) is 0 Å². The van der Waals surface area contributed by atoms with E-state index >= 15 is 0 Å². The van der Waals surface area contributed by atoms with Crippen LogP contribution < -0.4 is 5.32 Å². The highest BCUT2D eigenvalue weighted by molar-refractivity contribution is 5.90. The van der Waals surface area contributed by atoms with Crippen LogP contribution in [0.4, 0.5) is 0 Å². The first-order valence-electron chi connectivity index (χ1n) is 4.12. The largest absolute Gasteiger partial charge is 0.377 e. The van der Waals surface area contributed by atoms with Crippen molar-refractivity contribution in [2.45, 2.75) is 19.4 Å². The molecule has 0 aromatic carbocycles. The summed E-state index contributed by atoms with van der Waals surface area (Å²) < 4.78 is 5.13. The molecule has 1 heterocycles. The number of tetrazole rings is 1. The van der Waals surface area contributed by atoms with E-state index in [1.54, 1.807) is 7.11 Å². The SMILES string of the molecule is COC(C)(C)CNC(=O)c1nn[nH]n1. The van der Waals surface area contributed by atoms with Crippen LogP contribution >= 0.6 is 0 Å². The predicted octanol–water partition coefficient (Wildman–Crippen LogP) is -0.646. The van der Waals surface area contributed by atoms with Gasteiger partial charge in [-0.05, 0) is 19.1 Å². The number of hydrogen-bond donors (Lipinski definition) is 2. The maximum Gasteiger partial charge on any atom is 0.292 e. The zero-order chi connectivity index (χ0) is 10.6. The summed E-state index contributed by atoms with van der Waals surface area (Å²) in [5.41, 5.74) is -0.403. The normalized spacial score (nSPS) is 11.4. The van der Waals surface area contributed by atoms with Crippen LogP contribution in [-0.2, 0) is 4.74 Å². The molecule has 7 nitrogen and oxygen atoms in total. The van der Waals surface area contributed by atoms with Crippen molar-refractivity contribution in [2.24, 2.45) is 0 Å². The Labute approximate surface area is 81.2 Å². The number of carbonyl (C=O) groups excluding carboxylic acids is 1. The van der Waals surface area contributed by atoms with Crippen molar-refractivity contribution in [1.29, 1.82) is 0 Å². The van der Waals surface area contributed by atoms with Gasteiger partial charge in [-0.25, -0.2) is 0 Å². The number of nitrogens with one attached hydrogen (secondary N) is 2. The van der Waals surface area contributed by atoms with Crippen molar-refractivity contribution in [1.82, 2.24) is 25.9 Å². The lowest BCUT2D eigenvalue weighted by atomic mass is 10.1. The molecule has 0 fully saturated rings. The first kappa shape index (κ1) is 10.6. The summed E-state index contributed by atoms with van der Waals surface area (Å²) in [4.78, 5) is 11.3. The van der Waals surface area contributed by atoms with Crippen LogP contribution in [-0.4, -0.2) is 45.8 Å². The molecule has 7 heteroatoms. The summed E-state index contributed by atoms with van der Waals surface area (Å²) in [6, 6.07) is 0. The average Bonchev–Trinajstić information content (AvgIpc) is 2.67. The zero-order valence-electron chi connectivity index (χ0n) is 8.37. The summed E-state index contributed by atoms with van der Waals surface area (Å²) in [5.74, 6) is -0.347. The molecule has 1 aromatic rings. The fourth-order valence-electron chi connectivity index (χ4n) is 0.702. The van der Waals surface area contributed by atoms with E-state index in [1.165, 1.54) is 0 Å². The third-order valence-electron chi connectivity index (χ3n) is 1.78. The van der Waals surface area contributed by atoms with Gasteiger partial charge in [-0.1, -0.05) is 0 Å². The highest BCUT2D eigenvalue weighted by Crippen LogP contribution is 2.04. The molecule has 1 aromatic heterocycles. The van der Waals surface area contributed by atoms with E-state index in [1.807, 2.05) is 13.8 Å². The Morgan fingerprint density at radius 2 is 2.36 bits per heavy atom. The molecule has 0 saturated carbocycles. The molecular weight excluding hydrogens is 186 g/mol. The second kappa shape index (κ2) is 4.14. The first-order valence-corrected chi connectivity index (χ1v) is 4.12. The van der Waals surface area contributed by atoms with Crippen LogP contribution in [0.15, 0.2) is 0 Å². The van der Waals surface area contributed by atoms with Gasteiger partial charge in [0.05, 0.1) is 5.60 Å². The Bertz CT molecular complexity index is 295. The molecule has 2 N–H and O–H groups in total. The third kappa shape index (κ3) is 2.77. The smallest absolute Gasteiger partial charge is 0.292 e. The number of ether oxygens (including phenoxy) is 1. The van der Waals surface area contributed by atoms with Crippen LogP contribution in [0, 0.1) is 0 Å². The van der Waals surface area contributed by atoms with Crippen LogP contribution in [0.25, 0.3) is 0 Å². The summed E-state index contributed by atoms with van der Waals surface area (Å²) in [7, 11) is 1.58. The molecule has 78 valence electrons. The van der Waals surface area contributed by atoms with Gasteiger partial charge < -0.3 is 10.1 Å². The van der Waals surface area contributed by atoms with Gasteiger partial charge in [-0.15, -0.1) is 10.2 Å². The minimum Gasteiger partial charge on any atom is -0.377 e. The molecule has 0 unspecified atom stereocenters. The summed E-state index contributed by atoms with van der Waals surface area (Å²) in [6.07, 6.45) is 0. The lowest BCUT2D eigenvalue weighted by Crippen LogP contribution is -2.40. The van der Waals surface area contributed by atoms with Crippen molar-refractivity contribution in [2.75, 3.05) is 13.7 Å². The van der Waals surface area contributed by atoms with E-state index in [2.05, 4.69) is 25.9 Å². The number of nitrogens with zero attached hydrogens (tertiary/aromatic N) is 3. The van der Waals surface area contributed by atoms with E-state index in [4.69, 9.17) is 4.74 Å². The zero-order valence-corrected chi connectivity index (χ0v) is 8.37. The Kier molecular flexibility index (Phi) is 3.13. The fourth-order valence-corrected chi connectivity index (χ4v) is 0.702. The van der Waals surface area contributed by atoms with E-state index in [0.29, 0.717) is 6.54 Å². The Morgan fingerprint density at radius 1 is 1.64 bits per heavy atom. The molecule has 0 saturated heterocycles. The number of rotatable bonds is 4. The molecule has 1 amide bonds. The monoisotopic (exact) mass is 199 g/mol. The molecule has 0 aliphatic heterocycles. The van der Waals surface area contributed by atoms with Gasteiger partial charge in [0.1, 0.15) is 0 Å². The highest BCUT2D eigenvalue weighted by atomic mass is 16.5. The number of aromatic nitrogens is 4. The molecule has 0 spiro atoms. The number of amides is 1. The van der Waals surface area contributed by atoms with Gasteiger partial charge in [0.25, 0.3) is 11.7 Å². The number of methoxy groups -OCH3 is 1. The van der Waals surface area contributed by atoms with Gasteiger partial charge in [-0.3, -0.25) is 4.79 Å². The van der Waals surface area contributed by atoms with E-state index in [0.717, 1.165) is 0 Å². The van der Waals surface area contributed by atoms with Crippen molar-refractivity contribution >= 4 is 5.91 Å². The second-order valence-corrected chi connectivity index (χ2v) is 3.38. The molecule has 0 radical (unpaired) electrons. The van der Waals surface area contributed by atoms with E-state index < -0.39 is 5.60 Å². The van der Waals surface area contributed by atoms with Crippen molar-refractivity contribution in [3.05, 3.63) is 5.82 Å². The van der Waals surface area contributed by atoms with Crippen LogP contribution in [0.2, 0.25) is 0 Å². The molecule has 1 rings (SSSR count). The number of H-pyrrole nitrogens is 1. The lowest BCUT2D eigenvalue weighted by molar-refractivity contribution is 0.0227. The van der Waals surface area contributed by atoms with E-state index in [-0.39, 0.29) is 11.7 Å². The maximum absolute atomic E-state index is 11.3. The van der Waals surface area contributed by atoms with Crippen LogP contribution in [0.1, 0.15) is 24.5 Å². The second-order valence-electron chi connectivity index (χ2n) is 3.38.